The number of allylic oxidation sites excluding steroid dienone is 4. The average Bonchev–Trinajstić information content (AvgIpc) is 3.24. The van der Waals surface area contributed by atoms with Gasteiger partial charge in [0.15, 0.2) is 5.54 Å². The summed E-state index contributed by atoms with van der Waals surface area (Å²) < 4.78 is 16.0. The fourth-order valence-corrected chi connectivity index (χ4v) is 3.29. The Balaban J connectivity index is 1.81. The van der Waals surface area contributed by atoms with Gasteiger partial charge in [-0.1, -0.05) is 6.07 Å². The van der Waals surface area contributed by atoms with Crippen LogP contribution in [0.1, 0.15) is 17.7 Å². The molecule has 0 spiro atoms. The number of amides is 1. The summed E-state index contributed by atoms with van der Waals surface area (Å²) >= 11 is 0. The van der Waals surface area contributed by atoms with E-state index in [1.807, 2.05) is 19.1 Å². The minimum Gasteiger partial charge on any atom is -0.489 e. The van der Waals surface area contributed by atoms with E-state index in [2.05, 4.69) is 15.6 Å². The lowest BCUT2D eigenvalue weighted by atomic mass is 9.97. The zero-order valence-corrected chi connectivity index (χ0v) is 17.8. The van der Waals surface area contributed by atoms with Crippen LogP contribution in [0.4, 0.5) is 0 Å². The second-order valence-corrected chi connectivity index (χ2v) is 7.26. The fourth-order valence-electron chi connectivity index (χ4n) is 3.29. The minimum absolute atomic E-state index is 0.0316. The number of carbonyl (C=O) groups excluding carboxylic acids is 2. The predicted molar refractivity (Wildman–Crippen MR) is 113 cm³/mol. The molecule has 1 aliphatic heterocycles. The van der Waals surface area contributed by atoms with Gasteiger partial charge in [-0.25, -0.2) is 4.79 Å². The van der Waals surface area contributed by atoms with Crippen LogP contribution in [0.25, 0.3) is 0 Å². The van der Waals surface area contributed by atoms with Crippen molar-refractivity contribution >= 4 is 17.6 Å². The molecule has 9 heteroatoms. The number of hydrogen-bond acceptors (Lipinski definition) is 8. The molecule has 3 N–H and O–H groups in total. The summed E-state index contributed by atoms with van der Waals surface area (Å²) in [4.78, 5) is 29.5. The Morgan fingerprint density at radius 1 is 1.32 bits per heavy atom. The third-order valence-electron chi connectivity index (χ3n) is 5.07. The third-order valence-corrected chi connectivity index (χ3v) is 5.07. The van der Waals surface area contributed by atoms with E-state index in [9.17, 15) is 9.59 Å². The standard InChI is InChI=1S/C22H26N4O5/c1-14-4-5-15(11-25-14)12-31-16-6-7-18(23)17(10-16)19(24-2)20(27)26-22(21(28)29-3)8-9-30-13-22/h4-7,10-11,23-24H,8-9,12-13H2,1-3H3,(H,26,27)/b19-17-,23-18?. The van der Waals surface area contributed by atoms with Crippen molar-refractivity contribution in [1.82, 2.24) is 15.6 Å². The number of rotatable bonds is 7. The molecular weight excluding hydrogens is 400 g/mol. The molecule has 1 saturated heterocycles. The smallest absolute Gasteiger partial charge is 0.334 e. The Kier molecular flexibility index (Phi) is 6.86. The number of carbonyl (C=O) groups is 2. The number of aromatic nitrogens is 1. The number of nitrogens with one attached hydrogen (secondary N) is 3. The largest absolute Gasteiger partial charge is 0.489 e. The number of hydrogen-bond donors (Lipinski definition) is 3. The summed E-state index contributed by atoms with van der Waals surface area (Å²) in [6.07, 6.45) is 6.88. The van der Waals surface area contributed by atoms with E-state index in [4.69, 9.17) is 19.6 Å². The van der Waals surface area contributed by atoms with Crippen molar-refractivity contribution in [2.45, 2.75) is 25.5 Å². The summed E-state index contributed by atoms with van der Waals surface area (Å²) in [6.45, 7) is 2.58. The van der Waals surface area contributed by atoms with Gasteiger partial charge in [0.1, 0.15) is 18.1 Å². The van der Waals surface area contributed by atoms with Crippen molar-refractivity contribution in [2.24, 2.45) is 0 Å². The van der Waals surface area contributed by atoms with Crippen LogP contribution in [0.3, 0.4) is 0 Å². The van der Waals surface area contributed by atoms with Crippen LogP contribution >= 0.6 is 0 Å². The lowest BCUT2D eigenvalue weighted by molar-refractivity contribution is -0.150. The summed E-state index contributed by atoms with van der Waals surface area (Å²) in [5, 5.41) is 13.8. The topological polar surface area (TPSA) is 123 Å². The molecule has 1 amide bonds. The Bertz CT molecular complexity index is 957. The molecule has 0 radical (unpaired) electrons. The average molecular weight is 426 g/mol. The molecule has 0 bridgehead atoms. The van der Waals surface area contributed by atoms with Crippen LogP contribution in [-0.4, -0.2) is 55.5 Å². The van der Waals surface area contributed by atoms with Gasteiger partial charge in [-0.2, -0.15) is 0 Å². The van der Waals surface area contributed by atoms with Gasteiger partial charge in [0, 0.05) is 43.1 Å². The van der Waals surface area contributed by atoms with Crippen LogP contribution in [0.2, 0.25) is 0 Å². The van der Waals surface area contributed by atoms with E-state index in [0.29, 0.717) is 31.0 Å². The maximum Gasteiger partial charge on any atom is 0.334 e. The summed E-state index contributed by atoms with van der Waals surface area (Å²) in [7, 11) is 2.85. The maximum absolute atomic E-state index is 13.0. The van der Waals surface area contributed by atoms with Gasteiger partial charge in [-0.15, -0.1) is 0 Å². The molecule has 2 heterocycles. The normalized spacial score (nSPS) is 21.9. The third kappa shape index (κ3) is 5.00. The number of aryl methyl sites for hydroxylation is 1. The van der Waals surface area contributed by atoms with E-state index in [1.54, 1.807) is 31.5 Å². The van der Waals surface area contributed by atoms with Crippen molar-refractivity contribution in [1.29, 1.82) is 5.41 Å². The molecule has 0 saturated carbocycles. The van der Waals surface area contributed by atoms with Gasteiger partial charge in [0.25, 0.3) is 5.91 Å². The molecule has 1 aromatic rings. The van der Waals surface area contributed by atoms with E-state index >= 15 is 0 Å². The van der Waals surface area contributed by atoms with Crippen molar-refractivity contribution in [2.75, 3.05) is 27.4 Å². The molecule has 31 heavy (non-hydrogen) atoms. The molecule has 1 aliphatic carbocycles. The number of nitrogens with zero attached hydrogens (tertiary/aromatic N) is 1. The maximum atomic E-state index is 13.0. The molecule has 1 atom stereocenters. The monoisotopic (exact) mass is 426 g/mol. The first-order valence-corrected chi connectivity index (χ1v) is 9.82. The molecule has 164 valence electrons. The Hall–Kier alpha value is -3.46. The first kappa shape index (κ1) is 22.2. The van der Waals surface area contributed by atoms with E-state index in [-0.39, 0.29) is 18.0 Å². The minimum atomic E-state index is -1.25. The number of methoxy groups -OCH3 is 1. The molecule has 1 fully saturated rings. The van der Waals surface area contributed by atoms with Gasteiger partial charge >= 0.3 is 5.97 Å². The van der Waals surface area contributed by atoms with Crippen LogP contribution in [-0.2, 0) is 30.4 Å². The zero-order chi connectivity index (χ0) is 22.4. The Morgan fingerprint density at radius 2 is 2.13 bits per heavy atom. The van der Waals surface area contributed by atoms with Gasteiger partial charge in [0.2, 0.25) is 0 Å². The molecule has 1 aromatic heterocycles. The second kappa shape index (κ2) is 9.57. The molecule has 9 nitrogen and oxygen atoms in total. The summed E-state index contributed by atoms with van der Waals surface area (Å²) in [6, 6.07) is 3.83. The molecule has 1 unspecified atom stereocenters. The highest BCUT2D eigenvalue weighted by molar-refractivity contribution is 6.15. The number of pyridine rings is 1. The molecular formula is C22H26N4O5. The predicted octanol–water partition coefficient (Wildman–Crippen LogP) is 1.30. The van der Waals surface area contributed by atoms with Crippen molar-refractivity contribution in [3.63, 3.8) is 0 Å². The lowest BCUT2D eigenvalue weighted by Gasteiger charge is -2.26. The lowest BCUT2D eigenvalue weighted by Crippen LogP contribution is -2.56. The highest BCUT2D eigenvalue weighted by atomic mass is 16.5. The van der Waals surface area contributed by atoms with Gasteiger partial charge in [0.05, 0.1) is 19.4 Å². The van der Waals surface area contributed by atoms with Gasteiger partial charge in [-0.05, 0) is 31.2 Å². The van der Waals surface area contributed by atoms with Crippen molar-refractivity contribution in [3.05, 3.63) is 64.8 Å². The molecule has 3 rings (SSSR count). The van der Waals surface area contributed by atoms with Crippen LogP contribution in [0.5, 0.6) is 0 Å². The zero-order valence-electron chi connectivity index (χ0n) is 17.8. The SMILES string of the molecule is CN/C(C(=O)NC1(C(=O)OC)CCOC1)=C1/C=C(OCc2ccc(C)nc2)C=CC1=N. The first-order valence-electron chi connectivity index (χ1n) is 9.82. The van der Waals surface area contributed by atoms with Crippen LogP contribution in [0.15, 0.2) is 53.6 Å². The Labute approximate surface area is 180 Å². The second-order valence-electron chi connectivity index (χ2n) is 7.26. The first-order chi connectivity index (χ1) is 14.9. The highest BCUT2D eigenvalue weighted by Gasteiger charge is 2.45. The Morgan fingerprint density at radius 3 is 2.74 bits per heavy atom. The quantitative estimate of drug-likeness (QED) is 0.444. The van der Waals surface area contributed by atoms with Crippen LogP contribution in [0, 0.1) is 12.3 Å². The van der Waals surface area contributed by atoms with Gasteiger partial charge < -0.3 is 30.3 Å². The van der Waals surface area contributed by atoms with Gasteiger partial charge in [-0.3, -0.25) is 9.78 Å². The van der Waals surface area contributed by atoms with Crippen LogP contribution < -0.4 is 10.6 Å². The van der Waals surface area contributed by atoms with Crippen molar-refractivity contribution in [3.8, 4) is 0 Å². The van der Waals surface area contributed by atoms with E-state index < -0.39 is 17.4 Å². The fraction of sp³-hybridized carbons (Fsp3) is 0.364. The number of esters is 1. The molecule has 2 aliphatic rings. The number of ether oxygens (including phenoxy) is 3. The van der Waals surface area contributed by atoms with E-state index in [1.165, 1.54) is 7.11 Å². The van der Waals surface area contributed by atoms with Crippen molar-refractivity contribution < 1.29 is 23.8 Å². The number of likely N-dealkylation sites (N-methyl/N-ethyl adjacent to an activating group) is 1. The molecule has 0 aromatic carbocycles. The summed E-state index contributed by atoms with van der Waals surface area (Å²) in [5.41, 5.74) is 1.20. The highest BCUT2D eigenvalue weighted by Crippen LogP contribution is 2.23. The van der Waals surface area contributed by atoms with E-state index in [0.717, 1.165) is 11.3 Å². The summed E-state index contributed by atoms with van der Waals surface area (Å²) in [5.74, 6) is -0.602.